The molecule has 0 radical (unpaired) electrons. The minimum atomic E-state index is -0.429. The molecule has 0 saturated carbocycles. The van der Waals surface area contributed by atoms with Crippen molar-refractivity contribution in [2.45, 2.75) is 25.7 Å². The lowest BCUT2D eigenvalue weighted by Crippen LogP contribution is -2.12. The quantitative estimate of drug-likeness (QED) is 0.701. The van der Waals surface area contributed by atoms with E-state index >= 15 is 0 Å². The Morgan fingerprint density at radius 2 is 1.88 bits per heavy atom. The minimum absolute atomic E-state index is 0.195. The van der Waals surface area contributed by atoms with Crippen LogP contribution in [0.5, 0.6) is 0 Å². The molecule has 0 unspecified atom stereocenters. The Bertz CT molecular complexity index is 1000. The summed E-state index contributed by atoms with van der Waals surface area (Å²) in [5.41, 5.74) is 5.30. The van der Waals surface area contributed by atoms with Crippen LogP contribution >= 0.6 is 0 Å². The molecule has 4 rings (SSSR count). The van der Waals surface area contributed by atoms with Crippen LogP contribution in [0.3, 0.4) is 0 Å². The Labute approximate surface area is 151 Å². The van der Waals surface area contributed by atoms with Gasteiger partial charge in [0.25, 0.3) is 5.91 Å². The lowest BCUT2D eigenvalue weighted by molar-refractivity contribution is 0.0600. The van der Waals surface area contributed by atoms with Crippen molar-refractivity contribution >= 4 is 28.5 Å². The SMILES string of the molecule is COC(=O)c1cccc(NC(=O)c2ccc3[nH]c4c(c3c2)CCCC4)c1. The van der Waals surface area contributed by atoms with Crippen LogP contribution in [0.15, 0.2) is 42.5 Å². The van der Waals surface area contributed by atoms with E-state index in [1.807, 2.05) is 18.2 Å². The van der Waals surface area contributed by atoms with Gasteiger partial charge in [-0.2, -0.15) is 0 Å². The van der Waals surface area contributed by atoms with Crippen LogP contribution in [0, 0.1) is 0 Å². The Hall–Kier alpha value is -3.08. The van der Waals surface area contributed by atoms with Crippen molar-refractivity contribution in [1.29, 1.82) is 0 Å². The number of rotatable bonds is 3. The zero-order valence-corrected chi connectivity index (χ0v) is 14.6. The third kappa shape index (κ3) is 2.96. The minimum Gasteiger partial charge on any atom is -0.465 e. The first-order valence-corrected chi connectivity index (χ1v) is 8.79. The number of hydrogen-bond acceptors (Lipinski definition) is 3. The molecule has 3 aromatic rings. The zero-order valence-electron chi connectivity index (χ0n) is 14.6. The number of fused-ring (bicyclic) bond motifs is 3. The normalized spacial score (nSPS) is 13.3. The highest BCUT2D eigenvalue weighted by atomic mass is 16.5. The number of amides is 1. The Morgan fingerprint density at radius 1 is 1.04 bits per heavy atom. The fourth-order valence-electron chi connectivity index (χ4n) is 3.59. The van der Waals surface area contributed by atoms with Crippen LogP contribution in [0.25, 0.3) is 10.9 Å². The van der Waals surface area contributed by atoms with E-state index < -0.39 is 5.97 Å². The summed E-state index contributed by atoms with van der Waals surface area (Å²) in [6, 6.07) is 12.5. The largest absolute Gasteiger partial charge is 0.465 e. The number of aromatic amines is 1. The summed E-state index contributed by atoms with van der Waals surface area (Å²) in [5.74, 6) is -0.624. The van der Waals surface area contributed by atoms with Gasteiger partial charge in [0.05, 0.1) is 12.7 Å². The van der Waals surface area contributed by atoms with Gasteiger partial charge in [-0.1, -0.05) is 6.07 Å². The molecule has 26 heavy (non-hydrogen) atoms. The number of H-pyrrole nitrogens is 1. The van der Waals surface area contributed by atoms with Gasteiger partial charge in [0, 0.05) is 27.8 Å². The van der Waals surface area contributed by atoms with Crippen LogP contribution in [0.4, 0.5) is 5.69 Å². The summed E-state index contributed by atoms with van der Waals surface area (Å²) in [5, 5.41) is 3.99. The van der Waals surface area contributed by atoms with Crippen molar-refractivity contribution in [3.63, 3.8) is 0 Å². The van der Waals surface area contributed by atoms with Crippen molar-refractivity contribution in [2.24, 2.45) is 0 Å². The van der Waals surface area contributed by atoms with Gasteiger partial charge in [-0.15, -0.1) is 0 Å². The molecular formula is C21H20N2O3. The van der Waals surface area contributed by atoms with Crippen molar-refractivity contribution in [3.8, 4) is 0 Å². The number of aromatic nitrogens is 1. The first-order chi connectivity index (χ1) is 12.7. The number of carbonyl (C=O) groups is 2. The molecule has 1 amide bonds. The fraction of sp³-hybridized carbons (Fsp3) is 0.238. The van der Waals surface area contributed by atoms with E-state index in [1.54, 1.807) is 24.3 Å². The fourth-order valence-corrected chi connectivity index (χ4v) is 3.59. The Balaban J connectivity index is 1.61. The smallest absolute Gasteiger partial charge is 0.337 e. The van der Waals surface area contributed by atoms with Gasteiger partial charge in [0.1, 0.15) is 0 Å². The molecule has 2 aromatic carbocycles. The van der Waals surface area contributed by atoms with E-state index in [-0.39, 0.29) is 5.91 Å². The van der Waals surface area contributed by atoms with E-state index in [4.69, 9.17) is 4.74 Å². The average Bonchev–Trinajstić information content (AvgIpc) is 3.05. The lowest BCUT2D eigenvalue weighted by Gasteiger charge is -2.11. The number of ether oxygens (including phenoxy) is 1. The number of benzene rings is 2. The van der Waals surface area contributed by atoms with Crippen LogP contribution < -0.4 is 5.32 Å². The topological polar surface area (TPSA) is 71.2 Å². The standard InChI is InChI=1S/C21H20N2O3/c1-26-21(25)14-5-4-6-15(11-14)22-20(24)13-9-10-19-17(12-13)16-7-2-3-8-18(16)23-19/h4-6,9-12,23H,2-3,7-8H2,1H3,(H,22,24). The van der Waals surface area contributed by atoms with Gasteiger partial charge in [-0.05, 0) is 67.6 Å². The first kappa shape index (κ1) is 16.4. The number of methoxy groups -OCH3 is 1. The number of hydrogen-bond donors (Lipinski definition) is 2. The van der Waals surface area contributed by atoms with Crippen LogP contribution in [0.2, 0.25) is 0 Å². The van der Waals surface area contributed by atoms with Gasteiger partial charge < -0.3 is 15.0 Å². The van der Waals surface area contributed by atoms with Crippen LogP contribution in [-0.2, 0) is 17.6 Å². The number of nitrogens with one attached hydrogen (secondary N) is 2. The summed E-state index contributed by atoms with van der Waals surface area (Å²) in [7, 11) is 1.33. The molecule has 0 fully saturated rings. The van der Waals surface area contributed by atoms with Crippen molar-refractivity contribution in [3.05, 3.63) is 64.8 Å². The van der Waals surface area contributed by atoms with E-state index in [0.29, 0.717) is 16.8 Å². The highest BCUT2D eigenvalue weighted by Gasteiger charge is 2.17. The molecule has 5 nitrogen and oxygen atoms in total. The molecule has 1 aromatic heterocycles. The molecule has 1 aliphatic carbocycles. The molecule has 1 heterocycles. The molecule has 0 saturated heterocycles. The van der Waals surface area contributed by atoms with Crippen LogP contribution in [0.1, 0.15) is 44.8 Å². The van der Waals surface area contributed by atoms with Gasteiger partial charge in [-0.3, -0.25) is 4.79 Å². The maximum atomic E-state index is 12.7. The summed E-state index contributed by atoms with van der Waals surface area (Å²) < 4.78 is 4.72. The predicted molar refractivity (Wildman–Crippen MR) is 101 cm³/mol. The molecule has 0 aliphatic heterocycles. The first-order valence-electron chi connectivity index (χ1n) is 8.79. The molecule has 0 spiro atoms. The molecule has 1 aliphatic rings. The Morgan fingerprint density at radius 3 is 2.73 bits per heavy atom. The highest BCUT2D eigenvalue weighted by Crippen LogP contribution is 2.29. The summed E-state index contributed by atoms with van der Waals surface area (Å²) in [6.45, 7) is 0. The Kier molecular flexibility index (Phi) is 4.21. The number of esters is 1. The summed E-state index contributed by atoms with van der Waals surface area (Å²) in [6.07, 6.45) is 4.54. The van der Waals surface area contributed by atoms with Crippen LogP contribution in [-0.4, -0.2) is 24.0 Å². The van der Waals surface area contributed by atoms with Gasteiger partial charge >= 0.3 is 5.97 Å². The van der Waals surface area contributed by atoms with E-state index in [9.17, 15) is 9.59 Å². The molecule has 5 heteroatoms. The second-order valence-electron chi connectivity index (χ2n) is 6.58. The number of aryl methyl sites for hydroxylation is 2. The second-order valence-corrected chi connectivity index (χ2v) is 6.58. The number of carbonyl (C=O) groups excluding carboxylic acids is 2. The van der Waals surface area contributed by atoms with E-state index in [0.717, 1.165) is 23.7 Å². The van der Waals surface area contributed by atoms with Crippen molar-refractivity contribution in [1.82, 2.24) is 4.98 Å². The van der Waals surface area contributed by atoms with Gasteiger partial charge in [0.2, 0.25) is 0 Å². The predicted octanol–water partition coefficient (Wildman–Crippen LogP) is 4.09. The van der Waals surface area contributed by atoms with E-state index in [1.165, 1.54) is 31.2 Å². The van der Waals surface area contributed by atoms with Crippen molar-refractivity contribution in [2.75, 3.05) is 12.4 Å². The second kappa shape index (κ2) is 6.67. The van der Waals surface area contributed by atoms with Crippen molar-refractivity contribution < 1.29 is 14.3 Å². The van der Waals surface area contributed by atoms with Gasteiger partial charge in [-0.25, -0.2) is 4.79 Å². The maximum absolute atomic E-state index is 12.7. The maximum Gasteiger partial charge on any atom is 0.337 e. The monoisotopic (exact) mass is 348 g/mol. The summed E-state index contributed by atoms with van der Waals surface area (Å²) in [4.78, 5) is 27.8. The molecule has 0 atom stereocenters. The van der Waals surface area contributed by atoms with Gasteiger partial charge in [0.15, 0.2) is 0 Å². The molecule has 132 valence electrons. The highest BCUT2D eigenvalue weighted by molar-refractivity contribution is 6.07. The molecule has 2 N–H and O–H groups in total. The third-order valence-electron chi connectivity index (χ3n) is 4.90. The molecule has 0 bridgehead atoms. The zero-order chi connectivity index (χ0) is 18.1. The lowest BCUT2D eigenvalue weighted by atomic mass is 9.95. The summed E-state index contributed by atoms with van der Waals surface area (Å²) >= 11 is 0. The molecular weight excluding hydrogens is 328 g/mol. The average molecular weight is 348 g/mol. The van der Waals surface area contributed by atoms with E-state index in [2.05, 4.69) is 10.3 Å². The third-order valence-corrected chi connectivity index (χ3v) is 4.90. The number of anilines is 1.